The van der Waals surface area contributed by atoms with Gasteiger partial charge in [-0.1, -0.05) is 12.1 Å². The number of carboxylic acid groups (broad SMARTS) is 1. The molecule has 1 N–H and O–H groups in total. The predicted molar refractivity (Wildman–Crippen MR) is 52.2 cm³/mol. The minimum atomic E-state index is -1.00. The van der Waals surface area contributed by atoms with E-state index in [1.54, 1.807) is 16.8 Å². The van der Waals surface area contributed by atoms with Crippen molar-refractivity contribution in [1.29, 1.82) is 0 Å². The van der Waals surface area contributed by atoms with Crippen LogP contribution in [-0.4, -0.2) is 27.5 Å². The van der Waals surface area contributed by atoms with Crippen molar-refractivity contribution in [2.24, 2.45) is 0 Å². The highest BCUT2D eigenvalue weighted by Gasteiger charge is 2.21. The van der Waals surface area contributed by atoms with E-state index < -0.39 is 5.97 Å². The number of carbonyl (C=O) groups is 1. The number of carboxylic acids is 1. The van der Waals surface area contributed by atoms with Crippen LogP contribution in [0.1, 0.15) is 10.5 Å². The predicted octanol–water partition coefficient (Wildman–Crippen LogP) is 1.13. The largest absolute Gasteiger partial charge is 0.489 e. The summed E-state index contributed by atoms with van der Waals surface area (Å²) >= 11 is 0. The van der Waals surface area contributed by atoms with E-state index in [-0.39, 0.29) is 5.69 Å². The van der Waals surface area contributed by atoms with Crippen LogP contribution in [0.15, 0.2) is 18.2 Å². The monoisotopic (exact) mass is 204 g/mol. The van der Waals surface area contributed by atoms with Gasteiger partial charge in [0.2, 0.25) is 0 Å². The lowest BCUT2D eigenvalue weighted by Crippen LogP contribution is -2.15. The maximum absolute atomic E-state index is 11.0. The van der Waals surface area contributed by atoms with Crippen molar-refractivity contribution in [2.75, 3.05) is 6.61 Å². The van der Waals surface area contributed by atoms with Crippen molar-refractivity contribution in [3.05, 3.63) is 23.9 Å². The van der Waals surface area contributed by atoms with Gasteiger partial charge >= 0.3 is 5.97 Å². The normalized spacial score (nSPS) is 13.9. The quantitative estimate of drug-likeness (QED) is 0.756. The fraction of sp³-hybridized carbons (Fsp3) is 0.200. The summed E-state index contributed by atoms with van der Waals surface area (Å²) < 4.78 is 7.13. The van der Waals surface area contributed by atoms with Gasteiger partial charge in [-0.25, -0.2) is 4.79 Å². The average Bonchev–Trinajstić information content (AvgIpc) is 2.61. The van der Waals surface area contributed by atoms with Crippen molar-refractivity contribution < 1.29 is 14.6 Å². The van der Waals surface area contributed by atoms with Gasteiger partial charge in [0, 0.05) is 5.39 Å². The highest BCUT2D eigenvalue weighted by Crippen LogP contribution is 2.30. The second-order valence-electron chi connectivity index (χ2n) is 3.38. The minimum Gasteiger partial charge on any atom is -0.489 e. The SMILES string of the molecule is O=C(O)c1nn2c3c(cccc13)OCC2. The molecule has 15 heavy (non-hydrogen) atoms. The summed E-state index contributed by atoms with van der Waals surface area (Å²) in [4.78, 5) is 11.0. The number of nitrogens with zero attached hydrogens (tertiary/aromatic N) is 2. The number of para-hydroxylation sites is 1. The van der Waals surface area contributed by atoms with Crippen molar-refractivity contribution in [1.82, 2.24) is 9.78 Å². The Morgan fingerprint density at radius 2 is 2.40 bits per heavy atom. The minimum absolute atomic E-state index is 0.0948. The smallest absolute Gasteiger partial charge is 0.357 e. The van der Waals surface area contributed by atoms with Gasteiger partial charge in [-0.15, -0.1) is 0 Å². The van der Waals surface area contributed by atoms with E-state index in [2.05, 4.69) is 5.10 Å². The number of ether oxygens (including phenoxy) is 1. The van der Waals surface area contributed by atoms with E-state index in [1.165, 1.54) is 0 Å². The zero-order valence-electron chi connectivity index (χ0n) is 7.80. The van der Waals surface area contributed by atoms with Crippen LogP contribution < -0.4 is 4.74 Å². The maximum Gasteiger partial charge on any atom is 0.357 e. The molecule has 76 valence electrons. The molecule has 0 unspecified atom stereocenters. The number of hydrogen-bond acceptors (Lipinski definition) is 3. The first-order chi connectivity index (χ1) is 7.27. The maximum atomic E-state index is 11.0. The Morgan fingerprint density at radius 1 is 1.53 bits per heavy atom. The Bertz CT molecular complexity index is 559. The molecule has 1 aromatic heterocycles. The highest BCUT2D eigenvalue weighted by atomic mass is 16.5. The second kappa shape index (κ2) is 2.73. The molecule has 0 fully saturated rings. The first-order valence-corrected chi connectivity index (χ1v) is 4.63. The molecule has 1 aromatic carbocycles. The van der Waals surface area contributed by atoms with Crippen LogP contribution in [0.5, 0.6) is 5.75 Å². The molecule has 1 aliphatic rings. The molecule has 0 saturated heterocycles. The molecule has 5 heteroatoms. The van der Waals surface area contributed by atoms with Gasteiger partial charge in [0.25, 0.3) is 0 Å². The summed E-state index contributed by atoms with van der Waals surface area (Å²) in [6.07, 6.45) is 0. The number of rotatable bonds is 1. The topological polar surface area (TPSA) is 64.3 Å². The third-order valence-electron chi connectivity index (χ3n) is 2.50. The van der Waals surface area contributed by atoms with E-state index in [0.717, 1.165) is 5.52 Å². The Balaban J connectivity index is 2.43. The molecule has 0 saturated carbocycles. The van der Waals surface area contributed by atoms with Crippen LogP contribution in [0.2, 0.25) is 0 Å². The molecule has 3 rings (SSSR count). The first-order valence-electron chi connectivity index (χ1n) is 4.63. The summed E-state index contributed by atoms with van der Waals surface area (Å²) in [6, 6.07) is 5.35. The molecule has 5 nitrogen and oxygen atoms in total. The highest BCUT2D eigenvalue weighted by molar-refractivity contribution is 6.03. The summed E-state index contributed by atoms with van der Waals surface area (Å²) in [5, 5.41) is 13.7. The molecular weight excluding hydrogens is 196 g/mol. The van der Waals surface area contributed by atoms with Crippen LogP contribution in [0.4, 0.5) is 0 Å². The molecule has 1 aliphatic heterocycles. The summed E-state index contributed by atoms with van der Waals surface area (Å²) in [6.45, 7) is 1.13. The molecule has 2 aromatic rings. The van der Waals surface area contributed by atoms with Gasteiger partial charge < -0.3 is 9.84 Å². The summed E-state index contributed by atoms with van der Waals surface area (Å²) in [5.41, 5.74) is 0.874. The third-order valence-corrected chi connectivity index (χ3v) is 2.50. The molecule has 0 amide bonds. The van der Waals surface area contributed by atoms with Crippen molar-refractivity contribution in [2.45, 2.75) is 6.54 Å². The average molecular weight is 204 g/mol. The van der Waals surface area contributed by atoms with Crippen LogP contribution >= 0.6 is 0 Å². The van der Waals surface area contributed by atoms with Crippen molar-refractivity contribution >= 4 is 16.9 Å². The van der Waals surface area contributed by atoms with Gasteiger partial charge in [0.1, 0.15) is 17.9 Å². The lowest BCUT2D eigenvalue weighted by molar-refractivity contribution is 0.0691. The van der Waals surface area contributed by atoms with Crippen LogP contribution in [0.3, 0.4) is 0 Å². The summed E-state index contributed by atoms with van der Waals surface area (Å²) in [7, 11) is 0. The molecule has 0 radical (unpaired) electrons. The summed E-state index contributed by atoms with van der Waals surface area (Å²) in [5.74, 6) is -0.295. The van der Waals surface area contributed by atoms with E-state index >= 15 is 0 Å². The zero-order valence-corrected chi connectivity index (χ0v) is 7.80. The lowest BCUT2D eigenvalue weighted by atomic mass is 10.2. The van der Waals surface area contributed by atoms with Gasteiger partial charge in [-0.05, 0) is 6.07 Å². The Hall–Kier alpha value is -2.04. The van der Waals surface area contributed by atoms with Crippen molar-refractivity contribution in [3.8, 4) is 5.75 Å². The molecule has 0 bridgehead atoms. The Morgan fingerprint density at radius 3 is 3.20 bits per heavy atom. The zero-order chi connectivity index (χ0) is 10.4. The molecule has 2 heterocycles. The van der Waals surface area contributed by atoms with E-state index in [9.17, 15) is 4.79 Å². The fourth-order valence-electron chi connectivity index (χ4n) is 1.88. The standard InChI is InChI=1S/C10H8N2O3/c13-10(14)8-6-2-1-3-7-9(6)12(11-8)4-5-15-7/h1-3H,4-5H2,(H,13,14). The lowest BCUT2D eigenvalue weighted by Gasteiger charge is -2.14. The van der Waals surface area contributed by atoms with E-state index in [1.807, 2.05) is 6.07 Å². The van der Waals surface area contributed by atoms with Gasteiger partial charge in [-0.2, -0.15) is 5.10 Å². The van der Waals surface area contributed by atoms with Crippen LogP contribution in [-0.2, 0) is 6.54 Å². The molecule has 0 atom stereocenters. The first kappa shape index (κ1) is 8.28. The number of benzene rings is 1. The van der Waals surface area contributed by atoms with Crippen LogP contribution in [0, 0.1) is 0 Å². The van der Waals surface area contributed by atoms with E-state index in [4.69, 9.17) is 9.84 Å². The number of aromatic nitrogens is 2. The van der Waals surface area contributed by atoms with Gasteiger partial charge in [0.15, 0.2) is 5.69 Å². The number of hydrogen-bond donors (Lipinski definition) is 1. The van der Waals surface area contributed by atoms with E-state index in [0.29, 0.717) is 24.3 Å². The van der Waals surface area contributed by atoms with Crippen LogP contribution in [0.25, 0.3) is 10.9 Å². The fourth-order valence-corrected chi connectivity index (χ4v) is 1.88. The third kappa shape index (κ3) is 1.03. The molecular formula is C10H8N2O3. The second-order valence-corrected chi connectivity index (χ2v) is 3.38. The Kier molecular flexibility index (Phi) is 1.50. The van der Waals surface area contributed by atoms with Gasteiger partial charge in [0.05, 0.1) is 6.54 Å². The van der Waals surface area contributed by atoms with Gasteiger partial charge in [-0.3, -0.25) is 4.68 Å². The molecule has 0 spiro atoms. The molecule has 0 aliphatic carbocycles. The Labute approximate surface area is 84.9 Å². The number of aromatic carboxylic acids is 1. The van der Waals surface area contributed by atoms with Crippen molar-refractivity contribution in [3.63, 3.8) is 0 Å².